The second-order valence-corrected chi connectivity index (χ2v) is 10.9. The minimum Gasteiger partial charge on any atom is -0.340 e. The molecule has 1 atom stereocenters. The standard InChI is InChI=1S/C31H34N4O2/c1-22(25-12-7-10-23-8-3-5-11-26(23)25)32-30(37)35-19-16-31(21-35)14-17-34(18-15-31)29(36)28-20-24-9-4-6-13-27(24)33(28)2/h3-13,20,22H,14-19,21H2,1-2H3,(H,32,37). The monoisotopic (exact) mass is 494 g/mol. The number of benzene rings is 3. The molecule has 3 amide bonds. The third kappa shape index (κ3) is 4.24. The molecule has 37 heavy (non-hydrogen) atoms. The molecule has 190 valence electrons. The predicted molar refractivity (Wildman–Crippen MR) is 148 cm³/mol. The minimum absolute atomic E-state index is 0.00585. The lowest BCUT2D eigenvalue weighted by atomic mass is 9.77. The van der Waals surface area contributed by atoms with Crippen molar-refractivity contribution in [2.24, 2.45) is 12.5 Å². The Hall–Kier alpha value is -3.80. The lowest BCUT2D eigenvalue weighted by Gasteiger charge is -2.39. The molecule has 1 spiro atoms. The molecule has 6 rings (SSSR count). The van der Waals surface area contributed by atoms with Gasteiger partial charge in [0.15, 0.2) is 0 Å². The first-order chi connectivity index (χ1) is 17.9. The number of amides is 3. The van der Waals surface area contributed by atoms with Crippen LogP contribution in [0, 0.1) is 5.41 Å². The van der Waals surface area contributed by atoms with Crippen LogP contribution >= 0.6 is 0 Å². The van der Waals surface area contributed by atoms with Crippen molar-refractivity contribution in [3.05, 3.63) is 84.1 Å². The van der Waals surface area contributed by atoms with Crippen LogP contribution in [0.15, 0.2) is 72.8 Å². The van der Waals surface area contributed by atoms with Crippen molar-refractivity contribution in [3.63, 3.8) is 0 Å². The highest BCUT2D eigenvalue weighted by Crippen LogP contribution is 2.41. The van der Waals surface area contributed by atoms with Gasteiger partial charge in [-0.2, -0.15) is 0 Å². The second kappa shape index (κ2) is 9.25. The number of fused-ring (bicyclic) bond motifs is 2. The minimum atomic E-state index is -0.0737. The first-order valence-corrected chi connectivity index (χ1v) is 13.3. The van der Waals surface area contributed by atoms with E-state index in [1.54, 1.807) is 0 Å². The number of likely N-dealkylation sites (tertiary alicyclic amines) is 2. The Labute approximate surface area is 217 Å². The Morgan fingerprint density at radius 3 is 2.24 bits per heavy atom. The Balaban J connectivity index is 1.08. The van der Waals surface area contributed by atoms with Gasteiger partial charge in [0.25, 0.3) is 5.91 Å². The van der Waals surface area contributed by atoms with Crippen LogP contribution < -0.4 is 5.32 Å². The number of aromatic nitrogens is 1. The summed E-state index contributed by atoms with van der Waals surface area (Å²) < 4.78 is 2.00. The van der Waals surface area contributed by atoms with E-state index < -0.39 is 0 Å². The fourth-order valence-electron chi connectivity index (χ4n) is 6.34. The summed E-state index contributed by atoms with van der Waals surface area (Å²) in [5, 5.41) is 6.70. The van der Waals surface area contributed by atoms with Gasteiger partial charge >= 0.3 is 6.03 Å². The number of carbonyl (C=O) groups is 2. The van der Waals surface area contributed by atoms with Gasteiger partial charge in [-0.3, -0.25) is 4.79 Å². The molecule has 6 heteroatoms. The number of urea groups is 1. The van der Waals surface area contributed by atoms with Gasteiger partial charge in [-0.05, 0) is 60.1 Å². The Morgan fingerprint density at radius 2 is 1.49 bits per heavy atom. The number of rotatable bonds is 3. The van der Waals surface area contributed by atoms with Crippen molar-refractivity contribution in [2.45, 2.75) is 32.2 Å². The topological polar surface area (TPSA) is 57.6 Å². The predicted octanol–water partition coefficient (Wildman–Crippen LogP) is 5.73. The molecule has 1 unspecified atom stereocenters. The second-order valence-electron chi connectivity index (χ2n) is 10.9. The number of aryl methyl sites for hydroxylation is 1. The van der Waals surface area contributed by atoms with E-state index in [0.717, 1.165) is 67.6 Å². The maximum Gasteiger partial charge on any atom is 0.317 e. The molecule has 4 aromatic rings. The Morgan fingerprint density at radius 1 is 0.838 bits per heavy atom. The van der Waals surface area contributed by atoms with Crippen LogP contribution in [0.25, 0.3) is 21.7 Å². The summed E-state index contributed by atoms with van der Waals surface area (Å²) >= 11 is 0. The van der Waals surface area contributed by atoms with Crippen LogP contribution in [0.2, 0.25) is 0 Å². The maximum atomic E-state index is 13.3. The highest BCUT2D eigenvalue weighted by atomic mass is 16.2. The molecule has 3 heterocycles. The van der Waals surface area contributed by atoms with Crippen molar-refractivity contribution in [2.75, 3.05) is 26.2 Å². The Bertz CT molecular complexity index is 1480. The van der Waals surface area contributed by atoms with Gasteiger partial charge in [-0.1, -0.05) is 60.7 Å². The number of nitrogens with one attached hydrogen (secondary N) is 1. The molecule has 3 aromatic carbocycles. The van der Waals surface area contributed by atoms with Crippen LogP contribution in [0.5, 0.6) is 0 Å². The number of hydrogen-bond donors (Lipinski definition) is 1. The van der Waals surface area contributed by atoms with E-state index in [2.05, 4.69) is 54.7 Å². The van der Waals surface area contributed by atoms with Crippen molar-refractivity contribution < 1.29 is 9.59 Å². The van der Waals surface area contributed by atoms with Crippen LogP contribution in [0.4, 0.5) is 4.79 Å². The molecular weight excluding hydrogens is 460 g/mol. The van der Waals surface area contributed by atoms with E-state index in [9.17, 15) is 9.59 Å². The fraction of sp³-hybridized carbons (Fsp3) is 0.355. The number of para-hydroxylation sites is 1. The molecule has 1 aromatic heterocycles. The highest BCUT2D eigenvalue weighted by Gasteiger charge is 2.43. The fourth-order valence-corrected chi connectivity index (χ4v) is 6.34. The molecule has 6 nitrogen and oxygen atoms in total. The van der Waals surface area contributed by atoms with E-state index in [-0.39, 0.29) is 23.4 Å². The molecule has 0 radical (unpaired) electrons. The van der Waals surface area contributed by atoms with Crippen molar-refractivity contribution in [1.29, 1.82) is 0 Å². The number of hydrogen-bond acceptors (Lipinski definition) is 2. The van der Waals surface area contributed by atoms with Crippen LogP contribution in [-0.4, -0.2) is 52.5 Å². The molecule has 2 aliphatic rings. The SMILES string of the molecule is CC(NC(=O)N1CCC2(CCN(C(=O)c3cc4ccccc4n3C)CC2)C1)c1cccc2ccccc12. The molecule has 2 aliphatic heterocycles. The highest BCUT2D eigenvalue weighted by molar-refractivity contribution is 5.98. The third-order valence-corrected chi connectivity index (χ3v) is 8.64. The van der Waals surface area contributed by atoms with Gasteiger partial charge in [-0.15, -0.1) is 0 Å². The van der Waals surface area contributed by atoms with Gasteiger partial charge in [0, 0.05) is 44.1 Å². The number of piperidine rings is 1. The molecule has 0 bridgehead atoms. The van der Waals surface area contributed by atoms with Crippen molar-refractivity contribution in [3.8, 4) is 0 Å². The average Bonchev–Trinajstić information content (AvgIpc) is 3.50. The van der Waals surface area contributed by atoms with E-state index in [0.29, 0.717) is 0 Å². The van der Waals surface area contributed by atoms with Crippen molar-refractivity contribution >= 4 is 33.6 Å². The maximum absolute atomic E-state index is 13.3. The summed E-state index contributed by atoms with van der Waals surface area (Å²) in [4.78, 5) is 30.5. The summed E-state index contributed by atoms with van der Waals surface area (Å²) in [6, 6.07) is 24.6. The first-order valence-electron chi connectivity index (χ1n) is 13.3. The zero-order valence-corrected chi connectivity index (χ0v) is 21.6. The summed E-state index contributed by atoms with van der Waals surface area (Å²) in [5.74, 6) is 0.102. The van der Waals surface area contributed by atoms with E-state index in [4.69, 9.17) is 0 Å². The van der Waals surface area contributed by atoms with E-state index in [1.807, 2.05) is 51.7 Å². The van der Waals surface area contributed by atoms with Gasteiger partial charge in [0.1, 0.15) is 5.69 Å². The van der Waals surface area contributed by atoms with Crippen molar-refractivity contribution in [1.82, 2.24) is 19.7 Å². The van der Waals surface area contributed by atoms with Gasteiger partial charge in [0.2, 0.25) is 0 Å². The number of carbonyl (C=O) groups excluding carboxylic acids is 2. The smallest absolute Gasteiger partial charge is 0.317 e. The lowest BCUT2D eigenvalue weighted by molar-refractivity contribution is 0.0584. The largest absolute Gasteiger partial charge is 0.340 e. The third-order valence-electron chi connectivity index (χ3n) is 8.64. The Kier molecular flexibility index (Phi) is 5.90. The van der Waals surface area contributed by atoms with Gasteiger partial charge in [-0.25, -0.2) is 4.79 Å². The molecular formula is C31H34N4O2. The zero-order chi connectivity index (χ0) is 25.6. The van der Waals surface area contributed by atoms with Gasteiger partial charge in [0.05, 0.1) is 6.04 Å². The summed E-state index contributed by atoms with van der Waals surface area (Å²) in [6.07, 6.45) is 2.87. The summed E-state index contributed by atoms with van der Waals surface area (Å²) in [6.45, 7) is 5.06. The molecule has 0 aliphatic carbocycles. The lowest BCUT2D eigenvalue weighted by Crippen LogP contribution is -2.46. The van der Waals surface area contributed by atoms with Crippen LogP contribution in [-0.2, 0) is 7.05 Å². The van der Waals surface area contributed by atoms with Crippen LogP contribution in [0.1, 0.15) is 48.3 Å². The molecule has 0 saturated carbocycles. The molecule has 2 fully saturated rings. The summed E-state index contributed by atoms with van der Waals surface area (Å²) in [7, 11) is 1.97. The first kappa shape index (κ1) is 23.6. The zero-order valence-electron chi connectivity index (χ0n) is 21.6. The van der Waals surface area contributed by atoms with E-state index in [1.165, 1.54) is 10.8 Å². The average molecular weight is 495 g/mol. The van der Waals surface area contributed by atoms with E-state index >= 15 is 0 Å². The summed E-state index contributed by atoms with van der Waals surface area (Å²) in [5.41, 5.74) is 3.07. The molecule has 1 N–H and O–H groups in total. The van der Waals surface area contributed by atoms with Crippen LogP contribution in [0.3, 0.4) is 0 Å². The van der Waals surface area contributed by atoms with Gasteiger partial charge < -0.3 is 19.7 Å². The number of nitrogens with zero attached hydrogens (tertiary/aromatic N) is 3. The molecule has 2 saturated heterocycles. The quantitative estimate of drug-likeness (QED) is 0.395. The normalized spacial score (nSPS) is 18.0.